The minimum absolute atomic E-state index is 0.617. The van der Waals surface area contributed by atoms with E-state index in [1.807, 2.05) is 37.4 Å². The first-order valence-corrected chi connectivity index (χ1v) is 5.69. The smallest absolute Gasteiger partial charge is 0.213 e. The summed E-state index contributed by atoms with van der Waals surface area (Å²) in [6, 6.07) is 9.64. The second kappa shape index (κ2) is 5.86. The van der Waals surface area contributed by atoms with Crippen molar-refractivity contribution < 1.29 is 4.74 Å². The molecule has 2 aromatic heterocycles. The molecular formula is C13H16N4O. The van der Waals surface area contributed by atoms with E-state index in [0.717, 1.165) is 17.2 Å². The van der Waals surface area contributed by atoms with E-state index in [0.29, 0.717) is 12.4 Å². The van der Waals surface area contributed by atoms with Crippen LogP contribution in [-0.4, -0.2) is 24.1 Å². The Kier molecular flexibility index (Phi) is 3.96. The van der Waals surface area contributed by atoms with Crippen LogP contribution in [0.3, 0.4) is 0 Å². The minimum Gasteiger partial charge on any atom is -0.481 e. The Morgan fingerprint density at radius 3 is 2.83 bits per heavy atom. The second-order valence-corrected chi connectivity index (χ2v) is 3.72. The zero-order chi connectivity index (χ0) is 12.8. The molecule has 0 aliphatic heterocycles. The summed E-state index contributed by atoms with van der Waals surface area (Å²) in [5.41, 5.74) is 1.10. The van der Waals surface area contributed by atoms with E-state index in [4.69, 9.17) is 4.74 Å². The molecule has 0 saturated heterocycles. The number of pyridine rings is 2. The number of hydrogen-bond acceptors (Lipinski definition) is 5. The van der Waals surface area contributed by atoms with Crippen LogP contribution in [0.5, 0.6) is 5.88 Å². The van der Waals surface area contributed by atoms with Crippen molar-refractivity contribution in [2.24, 2.45) is 0 Å². The first kappa shape index (κ1) is 12.2. The van der Waals surface area contributed by atoms with Crippen LogP contribution >= 0.6 is 0 Å². The van der Waals surface area contributed by atoms with E-state index in [1.54, 1.807) is 13.3 Å². The lowest BCUT2D eigenvalue weighted by Gasteiger charge is -2.08. The minimum atomic E-state index is 0.617. The molecule has 18 heavy (non-hydrogen) atoms. The maximum absolute atomic E-state index is 5.08. The molecule has 2 rings (SSSR count). The van der Waals surface area contributed by atoms with Crippen molar-refractivity contribution in [1.82, 2.24) is 9.97 Å². The molecule has 0 bridgehead atoms. The molecule has 5 heteroatoms. The van der Waals surface area contributed by atoms with E-state index in [1.165, 1.54) is 0 Å². The van der Waals surface area contributed by atoms with Gasteiger partial charge in [-0.2, -0.15) is 0 Å². The summed E-state index contributed by atoms with van der Waals surface area (Å²) in [4.78, 5) is 8.44. The Hall–Kier alpha value is -2.30. The fourth-order valence-corrected chi connectivity index (χ4v) is 1.54. The molecule has 0 amide bonds. The third kappa shape index (κ3) is 3.10. The first-order chi connectivity index (χ1) is 8.81. The zero-order valence-corrected chi connectivity index (χ0v) is 10.5. The lowest BCUT2D eigenvalue weighted by molar-refractivity contribution is 0.397. The summed E-state index contributed by atoms with van der Waals surface area (Å²) < 4.78 is 5.08. The normalized spacial score (nSPS) is 9.89. The number of nitrogens with zero attached hydrogens (tertiary/aromatic N) is 2. The Morgan fingerprint density at radius 2 is 2.06 bits per heavy atom. The molecule has 0 radical (unpaired) electrons. The van der Waals surface area contributed by atoms with Crippen LogP contribution in [0.25, 0.3) is 0 Å². The second-order valence-electron chi connectivity index (χ2n) is 3.72. The molecule has 2 heterocycles. The van der Waals surface area contributed by atoms with Gasteiger partial charge in [-0.25, -0.2) is 9.97 Å². The summed E-state index contributed by atoms with van der Waals surface area (Å²) in [6.07, 6.45) is 1.73. The summed E-state index contributed by atoms with van der Waals surface area (Å²) in [5.74, 6) is 2.29. The molecule has 0 fully saturated rings. The van der Waals surface area contributed by atoms with Crippen molar-refractivity contribution in [2.75, 3.05) is 24.8 Å². The van der Waals surface area contributed by atoms with Gasteiger partial charge in [0.05, 0.1) is 7.11 Å². The molecule has 0 aromatic carbocycles. The Balaban J connectivity index is 2.01. The summed E-state index contributed by atoms with van der Waals surface area (Å²) in [5, 5.41) is 6.26. The lowest BCUT2D eigenvalue weighted by atomic mass is 10.2. The van der Waals surface area contributed by atoms with Gasteiger partial charge < -0.3 is 15.4 Å². The number of methoxy groups -OCH3 is 1. The van der Waals surface area contributed by atoms with E-state index in [9.17, 15) is 0 Å². The number of nitrogens with one attached hydrogen (secondary N) is 2. The van der Waals surface area contributed by atoms with Gasteiger partial charge in [-0.05, 0) is 23.8 Å². The molecule has 0 atom stereocenters. The molecule has 0 aliphatic rings. The van der Waals surface area contributed by atoms with Gasteiger partial charge in [0.15, 0.2) is 0 Å². The number of anilines is 2. The Labute approximate surface area is 106 Å². The first-order valence-electron chi connectivity index (χ1n) is 5.69. The zero-order valence-electron chi connectivity index (χ0n) is 10.5. The Bertz CT molecular complexity index is 468. The van der Waals surface area contributed by atoms with E-state index < -0.39 is 0 Å². The Morgan fingerprint density at radius 1 is 1.22 bits per heavy atom. The maximum atomic E-state index is 5.08. The highest BCUT2D eigenvalue weighted by Gasteiger charge is 1.99. The van der Waals surface area contributed by atoms with Crippen LogP contribution in [0.2, 0.25) is 0 Å². The van der Waals surface area contributed by atoms with Crippen LogP contribution in [-0.2, 0) is 6.54 Å². The average molecular weight is 244 g/mol. The number of rotatable bonds is 5. The number of ether oxygens (including phenoxy) is 1. The van der Waals surface area contributed by atoms with Crippen LogP contribution in [0.1, 0.15) is 5.56 Å². The van der Waals surface area contributed by atoms with Crippen molar-refractivity contribution in [3.63, 3.8) is 0 Å². The van der Waals surface area contributed by atoms with Crippen molar-refractivity contribution in [3.8, 4) is 5.88 Å². The van der Waals surface area contributed by atoms with Crippen LogP contribution in [0, 0.1) is 0 Å². The van der Waals surface area contributed by atoms with Gasteiger partial charge in [0.2, 0.25) is 5.88 Å². The van der Waals surface area contributed by atoms with Crippen LogP contribution < -0.4 is 15.4 Å². The van der Waals surface area contributed by atoms with Crippen molar-refractivity contribution in [3.05, 3.63) is 42.1 Å². The monoisotopic (exact) mass is 244 g/mol. The number of aromatic nitrogens is 2. The standard InChI is InChI=1S/C13H16N4O/c1-14-11-4-3-5-12(17-11)16-9-10-6-7-15-13(8-10)18-2/h3-8H,9H2,1-2H3,(H2,14,16,17). The van der Waals surface area contributed by atoms with Gasteiger partial charge in [-0.3, -0.25) is 0 Å². The van der Waals surface area contributed by atoms with Gasteiger partial charge in [0.25, 0.3) is 0 Å². The highest BCUT2D eigenvalue weighted by atomic mass is 16.5. The fourth-order valence-electron chi connectivity index (χ4n) is 1.54. The molecule has 0 saturated carbocycles. The maximum Gasteiger partial charge on any atom is 0.213 e. The van der Waals surface area contributed by atoms with Gasteiger partial charge in [0.1, 0.15) is 11.6 Å². The molecule has 0 aliphatic carbocycles. The number of hydrogen-bond donors (Lipinski definition) is 2. The third-order valence-corrected chi connectivity index (χ3v) is 2.49. The van der Waals surface area contributed by atoms with Gasteiger partial charge >= 0.3 is 0 Å². The highest BCUT2D eigenvalue weighted by Crippen LogP contribution is 2.12. The van der Waals surface area contributed by atoms with Gasteiger partial charge in [-0.1, -0.05) is 6.07 Å². The summed E-state index contributed by atoms with van der Waals surface area (Å²) in [6.45, 7) is 0.680. The van der Waals surface area contributed by atoms with Crippen LogP contribution in [0.15, 0.2) is 36.5 Å². The van der Waals surface area contributed by atoms with Crippen molar-refractivity contribution in [1.29, 1.82) is 0 Å². The van der Waals surface area contributed by atoms with Crippen molar-refractivity contribution >= 4 is 11.6 Å². The predicted octanol–water partition coefficient (Wildman–Crippen LogP) is 2.14. The highest BCUT2D eigenvalue weighted by molar-refractivity contribution is 5.45. The quantitative estimate of drug-likeness (QED) is 0.843. The average Bonchev–Trinajstić information content (AvgIpc) is 2.45. The third-order valence-electron chi connectivity index (χ3n) is 2.49. The molecular weight excluding hydrogens is 228 g/mol. The van der Waals surface area contributed by atoms with E-state index in [-0.39, 0.29) is 0 Å². The lowest BCUT2D eigenvalue weighted by Crippen LogP contribution is -2.03. The molecule has 2 aromatic rings. The molecule has 0 spiro atoms. The van der Waals surface area contributed by atoms with Gasteiger partial charge in [-0.15, -0.1) is 0 Å². The van der Waals surface area contributed by atoms with Crippen LogP contribution in [0.4, 0.5) is 11.6 Å². The molecule has 0 unspecified atom stereocenters. The summed E-state index contributed by atoms with van der Waals surface area (Å²) in [7, 11) is 3.46. The molecule has 2 N–H and O–H groups in total. The van der Waals surface area contributed by atoms with E-state index >= 15 is 0 Å². The molecule has 5 nitrogen and oxygen atoms in total. The van der Waals surface area contributed by atoms with Gasteiger partial charge in [0, 0.05) is 25.9 Å². The molecule has 94 valence electrons. The topological polar surface area (TPSA) is 59.1 Å². The van der Waals surface area contributed by atoms with E-state index in [2.05, 4.69) is 20.6 Å². The SMILES string of the molecule is CNc1cccc(NCc2ccnc(OC)c2)n1. The largest absolute Gasteiger partial charge is 0.481 e. The van der Waals surface area contributed by atoms with Crippen molar-refractivity contribution in [2.45, 2.75) is 6.54 Å². The predicted molar refractivity (Wildman–Crippen MR) is 71.9 cm³/mol. The fraction of sp³-hybridized carbons (Fsp3) is 0.231. The summed E-state index contributed by atoms with van der Waals surface area (Å²) >= 11 is 0.